The maximum Gasteiger partial charge on any atom is 0.341 e. The summed E-state index contributed by atoms with van der Waals surface area (Å²) in [4.78, 5) is 16.7. The Kier molecular flexibility index (Phi) is 4.33. The Hall–Kier alpha value is -3.08. The average molecular weight is 322 g/mol. The number of aryl methyl sites for hydroxylation is 1. The lowest BCUT2D eigenvalue weighted by Gasteiger charge is -2.15. The number of aromatic hydroxyl groups is 1. The van der Waals surface area contributed by atoms with Gasteiger partial charge in [0.1, 0.15) is 11.3 Å². The summed E-state index contributed by atoms with van der Waals surface area (Å²) in [6.45, 7) is 4.02. The van der Waals surface area contributed by atoms with E-state index >= 15 is 0 Å². The predicted octanol–water partition coefficient (Wildman–Crippen LogP) is 4.17. The molecule has 0 aliphatic rings. The highest BCUT2D eigenvalue weighted by molar-refractivity contribution is 6.06. The van der Waals surface area contributed by atoms with Crippen molar-refractivity contribution in [3.8, 4) is 5.75 Å². The highest BCUT2D eigenvalue weighted by Crippen LogP contribution is 2.31. The number of fused-ring (bicyclic) bond motifs is 1. The zero-order valence-electron chi connectivity index (χ0n) is 13.5. The molecule has 0 aliphatic carbocycles. The standard InChI is InChI=1S/C19H18N2O3/c1-3-24-19(23)16-11-20-17-12(2)6-4-9-15(17)18(16)21-13-7-5-8-14(22)10-13/h4-11,22H,3H2,1-2H3,(H,20,21). The summed E-state index contributed by atoms with van der Waals surface area (Å²) in [5, 5.41) is 13.7. The number of rotatable bonds is 4. The lowest BCUT2D eigenvalue weighted by Crippen LogP contribution is -2.09. The number of ether oxygens (including phenoxy) is 1. The van der Waals surface area contributed by atoms with E-state index in [1.165, 1.54) is 6.20 Å². The van der Waals surface area contributed by atoms with Crippen LogP contribution in [0.1, 0.15) is 22.8 Å². The Morgan fingerprint density at radius 2 is 2.04 bits per heavy atom. The second kappa shape index (κ2) is 6.58. The molecule has 122 valence electrons. The Morgan fingerprint density at radius 1 is 1.25 bits per heavy atom. The fraction of sp³-hybridized carbons (Fsp3) is 0.158. The van der Waals surface area contributed by atoms with Crippen molar-refractivity contribution in [2.24, 2.45) is 0 Å². The molecule has 2 N–H and O–H groups in total. The van der Waals surface area contributed by atoms with Gasteiger partial charge < -0.3 is 15.2 Å². The number of pyridine rings is 1. The van der Waals surface area contributed by atoms with E-state index in [9.17, 15) is 9.90 Å². The van der Waals surface area contributed by atoms with E-state index in [1.54, 1.807) is 25.1 Å². The van der Waals surface area contributed by atoms with E-state index in [0.717, 1.165) is 16.5 Å². The summed E-state index contributed by atoms with van der Waals surface area (Å²) in [6.07, 6.45) is 1.53. The van der Waals surface area contributed by atoms with Gasteiger partial charge >= 0.3 is 5.97 Å². The van der Waals surface area contributed by atoms with Gasteiger partial charge in [0.25, 0.3) is 0 Å². The number of anilines is 2. The lowest BCUT2D eigenvalue weighted by atomic mass is 10.1. The third-order valence-electron chi connectivity index (χ3n) is 3.71. The Bertz CT molecular complexity index is 906. The van der Waals surface area contributed by atoms with Crippen LogP contribution in [-0.4, -0.2) is 22.7 Å². The molecule has 0 fully saturated rings. The van der Waals surface area contributed by atoms with Gasteiger partial charge in [0, 0.05) is 23.3 Å². The first-order chi connectivity index (χ1) is 11.6. The molecule has 0 amide bonds. The van der Waals surface area contributed by atoms with Crippen molar-refractivity contribution >= 4 is 28.2 Å². The first kappa shape index (κ1) is 15.8. The number of aromatic nitrogens is 1. The Labute approximate surface area is 139 Å². The number of nitrogens with one attached hydrogen (secondary N) is 1. The molecule has 3 rings (SSSR count). The van der Waals surface area contributed by atoms with E-state index in [0.29, 0.717) is 16.9 Å². The van der Waals surface area contributed by atoms with Crippen LogP contribution in [0.3, 0.4) is 0 Å². The van der Waals surface area contributed by atoms with Crippen LogP contribution < -0.4 is 5.32 Å². The van der Waals surface area contributed by atoms with Crippen molar-refractivity contribution in [1.29, 1.82) is 0 Å². The van der Waals surface area contributed by atoms with Gasteiger partial charge in [-0.25, -0.2) is 4.79 Å². The maximum atomic E-state index is 12.3. The van der Waals surface area contributed by atoms with Gasteiger partial charge in [0.15, 0.2) is 0 Å². The summed E-state index contributed by atoms with van der Waals surface area (Å²) in [5.74, 6) is -0.289. The van der Waals surface area contributed by atoms with Gasteiger partial charge in [-0.15, -0.1) is 0 Å². The predicted molar refractivity (Wildman–Crippen MR) is 93.8 cm³/mol. The number of carbonyl (C=O) groups is 1. The second-order valence-electron chi connectivity index (χ2n) is 5.41. The molecule has 0 saturated carbocycles. The van der Waals surface area contributed by atoms with Crippen LogP contribution in [-0.2, 0) is 4.74 Å². The minimum Gasteiger partial charge on any atom is -0.508 e. The summed E-state index contributed by atoms with van der Waals surface area (Å²) in [5.41, 5.74) is 3.48. The van der Waals surface area contributed by atoms with Crippen LogP contribution in [0.5, 0.6) is 5.75 Å². The monoisotopic (exact) mass is 322 g/mol. The van der Waals surface area contributed by atoms with E-state index in [-0.39, 0.29) is 12.4 Å². The smallest absolute Gasteiger partial charge is 0.341 e. The van der Waals surface area contributed by atoms with Gasteiger partial charge in [-0.2, -0.15) is 0 Å². The summed E-state index contributed by atoms with van der Waals surface area (Å²) >= 11 is 0. The molecule has 24 heavy (non-hydrogen) atoms. The topological polar surface area (TPSA) is 71.5 Å². The van der Waals surface area contributed by atoms with Gasteiger partial charge in [-0.3, -0.25) is 4.98 Å². The number of esters is 1. The van der Waals surface area contributed by atoms with Crippen molar-refractivity contribution in [3.05, 3.63) is 59.8 Å². The Balaban J connectivity index is 2.18. The molecule has 5 nitrogen and oxygen atoms in total. The molecule has 0 aliphatic heterocycles. The van der Waals surface area contributed by atoms with Crippen molar-refractivity contribution in [3.63, 3.8) is 0 Å². The van der Waals surface area contributed by atoms with Crippen molar-refractivity contribution in [2.75, 3.05) is 11.9 Å². The molecule has 0 spiro atoms. The second-order valence-corrected chi connectivity index (χ2v) is 5.41. The number of carbonyl (C=O) groups excluding carboxylic acids is 1. The van der Waals surface area contributed by atoms with Gasteiger partial charge in [-0.1, -0.05) is 24.3 Å². The molecular weight excluding hydrogens is 304 g/mol. The van der Waals surface area contributed by atoms with Crippen molar-refractivity contribution in [1.82, 2.24) is 4.98 Å². The van der Waals surface area contributed by atoms with Crippen LogP contribution in [0.15, 0.2) is 48.7 Å². The quantitative estimate of drug-likeness (QED) is 0.705. The fourth-order valence-corrected chi connectivity index (χ4v) is 2.60. The number of phenolic OH excluding ortho intramolecular Hbond substituents is 1. The fourth-order valence-electron chi connectivity index (χ4n) is 2.60. The van der Waals surface area contributed by atoms with Crippen molar-refractivity contribution < 1.29 is 14.6 Å². The molecule has 5 heteroatoms. The van der Waals surface area contributed by atoms with Crippen LogP contribution >= 0.6 is 0 Å². The molecule has 0 atom stereocenters. The minimum atomic E-state index is -0.434. The summed E-state index contributed by atoms with van der Waals surface area (Å²) in [7, 11) is 0. The average Bonchev–Trinajstić information content (AvgIpc) is 2.56. The largest absolute Gasteiger partial charge is 0.508 e. The molecule has 0 bridgehead atoms. The molecule has 1 aromatic heterocycles. The molecule has 3 aromatic rings. The minimum absolute atomic E-state index is 0.146. The van der Waals surface area contributed by atoms with Crippen LogP contribution in [0.25, 0.3) is 10.9 Å². The molecular formula is C19H18N2O3. The number of hydrogen-bond donors (Lipinski definition) is 2. The van der Waals surface area contributed by atoms with E-state index in [1.807, 2.05) is 31.2 Å². The maximum absolute atomic E-state index is 12.3. The molecule has 1 heterocycles. The highest BCUT2D eigenvalue weighted by Gasteiger charge is 2.17. The zero-order valence-corrected chi connectivity index (χ0v) is 13.5. The van der Waals surface area contributed by atoms with Crippen LogP contribution in [0, 0.1) is 6.92 Å². The van der Waals surface area contributed by atoms with Gasteiger partial charge in [0.05, 0.1) is 17.8 Å². The molecule has 0 saturated heterocycles. The SMILES string of the molecule is CCOC(=O)c1cnc2c(C)cccc2c1Nc1cccc(O)c1. The highest BCUT2D eigenvalue weighted by atomic mass is 16.5. The van der Waals surface area contributed by atoms with E-state index in [2.05, 4.69) is 10.3 Å². The van der Waals surface area contributed by atoms with Gasteiger partial charge in [0.2, 0.25) is 0 Å². The first-order valence-corrected chi connectivity index (χ1v) is 7.71. The van der Waals surface area contributed by atoms with E-state index in [4.69, 9.17) is 4.74 Å². The first-order valence-electron chi connectivity index (χ1n) is 7.71. The summed E-state index contributed by atoms with van der Waals surface area (Å²) in [6, 6.07) is 12.5. The third-order valence-corrected chi connectivity index (χ3v) is 3.71. The van der Waals surface area contributed by atoms with E-state index < -0.39 is 5.97 Å². The lowest BCUT2D eigenvalue weighted by molar-refractivity contribution is 0.0527. The van der Waals surface area contributed by atoms with Crippen LogP contribution in [0.4, 0.5) is 11.4 Å². The number of hydrogen-bond acceptors (Lipinski definition) is 5. The number of nitrogens with zero attached hydrogens (tertiary/aromatic N) is 1. The molecule has 2 aromatic carbocycles. The van der Waals surface area contributed by atoms with Gasteiger partial charge in [-0.05, 0) is 31.5 Å². The number of para-hydroxylation sites is 1. The van der Waals surface area contributed by atoms with Crippen molar-refractivity contribution in [2.45, 2.75) is 13.8 Å². The zero-order chi connectivity index (χ0) is 17.1. The molecule has 0 radical (unpaired) electrons. The number of benzene rings is 2. The Morgan fingerprint density at radius 3 is 2.79 bits per heavy atom. The number of phenols is 1. The normalized spacial score (nSPS) is 10.6. The van der Waals surface area contributed by atoms with Crippen LogP contribution in [0.2, 0.25) is 0 Å². The molecule has 0 unspecified atom stereocenters. The summed E-state index contributed by atoms with van der Waals surface area (Å²) < 4.78 is 5.14. The third kappa shape index (κ3) is 3.01.